The number of aryl methyl sites for hydroxylation is 1. The highest BCUT2D eigenvalue weighted by Gasteiger charge is 2.40. The van der Waals surface area contributed by atoms with Crippen LogP contribution in [-0.4, -0.2) is 30.9 Å². The lowest BCUT2D eigenvalue weighted by Crippen LogP contribution is -2.49. The number of nitrogens with one attached hydrogen (secondary N) is 1. The Balaban J connectivity index is 1.83. The van der Waals surface area contributed by atoms with Gasteiger partial charge in [0, 0.05) is 5.54 Å². The maximum absolute atomic E-state index is 9.63. The molecule has 3 heteroatoms. The molecule has 2 rings (SSSR count). The lowest BCUT2D eigenvalue weighted by Gasteiger charge is -2.33. The Morgan fingerprint density at radius 1 is 1.37 bits per heavy atom. The van der Waals surface area contributed by atoms with E-state index >= 15 is 0 Å². The average Bonchev–Trinajstić information content (AvgIpc) is 2.84. The Bertz CT molecular complexity index is 384. The second kappa shape index (κ2) is 6.40. The number of ether oxygens (including phenoxy) is 1. The summed E-state index contributed by atoms with van der Waals surface area (Å²) in [6, 6.07) is 8.16. The fourth-order valence-corrected chi connectivity index (χ4v) is 3.13. The van der Waals surface area contributed by atoms with Crippen LogP contribution in [0.3, 0.4) is 0 Å². The molecule has 1 fully saturated rings. The zero-order valence-corrected chi connectivity index (χ0v) is 12.0. The summed E-state index contributed by atoms with van der Waals surface area (Å²) in [5.74, 6) is 1.44. The van der Waals surface area contributed by atoms with Crippen molar-refractivity contribution in [3.8, 4) is 5.75 Å². The van der Waals surface area contributed by atoms with Crippen molar-refractivity contribution in [1.82, 2.24) is 5.32 Å². The van der Waals surface area contributed by atoms with Gasteiger partial charge in [0.2, 0.25) is 0 Å². The van der Waals surface area contributed by atoms with Crippen LogP contribution >= 0.6 is 0 Å². The first-order valence-electron chi connectivity index (χ1n) is 7.19. The van der Waals surface area contributed by atoms with Crippen molar-refractivity contribution in [3.63, 3.8) is 0 Å². The van der Waals surface area contributed by atoms with Gasteiger partial charge in [0.15, 0.2) is 0 Å². The van der Waals surface area contributed by atoms with Crippen LogP contribution in [0.4, 0.5) is 0 Å². The van der Waals surface area contributed by atoms with E-state index in [9.17, 15) is 5.11 Å². The molecule has 1 aromatic rings. The van der Waals surface area contributed by atoms with Gasteiger partial charge in [-0.05, 0) is 51.3 Å². The van der Waals surface area contributed by atoms with Crippen molar-refractivity contribution in [2.24, 2.45) is 5.92 Å². The number of hydrogen-bond acceptors (Lipinski definition) is 3. The van der Waals surface area contributed by atoms with Crippen LogP contribution in [0, 0.1) is 12.8 Å². The second-order valence-corrected chi connectivity index (χ2v) is 5.60. The molecule has 19 heavy (non-hydrogen) atoms. The van der Waals surface area contributed by atoms with Gasteiger partial charge in [-0.1, -0.05) is 24.1 Å². The van der Waals surface area contributed by atoms with Gasteiger partial charge in [-0.2, -0.15) is 0 Å². The summed E-state index contributed by atoms with van der Waals surface area (Å²) in [4.78, 5) is 0. The van der Waals surface area contributed by atoms with E-state index in [1.807, 2.05) is 19.2 Å². The molecule has 0 bridgehead atoms. The van der Waals surface area contributed by atoms with Crippen LogP contribution in [0.25, 0.3) is 0 Å². The van der Waals surface area contributed by atoms with Crippen molar-refractivity contribution in [3.05, 3.63) is 29.8 Å². The Hall–Kier alpha value is -1.06. The smallest absolute Gasteiger partial charge is 0.119 e. The zero-order chi connectivity index (χ0) is 13.7. The molecule has 0 radical (unpaired) electrons. The molecule has 0 heterocycles. The van der Waals surface area contributed by atoms with Gasteiger partial charge in [0.05, 0.1) is 13.2 Å². The maximum Gasteiger partial charge on any atom is 0.119 e. The molecule has 0 saturated heterocycles. The van der Waals surface area contributed by atoms with Crippen LogP contribution in [0.2, 0.25) is 0 Å². The molecule has 2 N–H and O–H groups in total. The highest BCUT2D eigenvalue weighted by atomic mass is 16.5. The molecule has 0 aliphatic heterocycles. The monoisotopic (exact) mass is 263 g/mol. The first kappa shape index (κ1) is 14.4. The van der Waals surface area contributed by atoms with Crippen LogP contribution in [0.5, 0.6) is 5.75 Å². The predicted molar refractivity (Wildman–Crippen MR) is 77.5 cm³/mol. The van der Waals surface area contributed by atoms with Crippen molar-refractivity contribution in [1.29, 1.82) is 0 Å². The van der Waals surface area contributed by atoms with Gasteiger partial charge in [0.1, 0.15) is 5.75 Å². The number of aliphatic hydroxyl groups excluding tert-OH is 1. The molecule has 3 nitrogen and oxygen atoms in total. The molecule has 0 spiro atoms. The van der Waals surface area contributed by atoms with E-state index in [4.69, 9.17) is 4.74 Å². The van der Waals surface area contributed by atoms with E-state index in [1.54, 1.807) is 0 Å². The molecular formula is C16H25NO2. The normalized spacial score (nSPS) is 26.6. The molecule has 0 aromatic heterocycles. The van der Waals surface area contributed by atoms with Gasteiger partial charge >= 0.3 is 0 Å². The van der Waals surface area contributed by atoms with Gasteiger partial charge in [-0.3, -0.25) is 0 Å². The molecule has 2 atom stereocenters. The standard InChI is InChI=1S/C16H25NO2/c1-13-5-7-15(8-6-13)19-11-9-14-4-3-10-16(14,12-18)17-2/h5-8,14,17-18H,3-4,9-12H2,1-2H3. The quantitative estimate of drug-likeness (QED) is 0.828. The maximum atomic E-state index is 9.63. The first-order valence-corrected chi connectivity index (χ1v) is 7.19. The molecular weight excluding hydrogens is 238 g/mol. The summed E-state index contributed by atoms with van der Waals surface area (Å²) in [5, 5.41) is 13.0. The Morgan fingerprint density at radius 3 is 2.74 bits per heavy atom. The Kier molecular flexibility index (Phi) is 4.83. The molecule has 106 valence electrons. The van der Waals surface area contributed by atoms with Gasteiger partial charge < -0.3 is 15.2 Å². The van der Waals surface area contributed by atoms with Crippen LogP contribution in [-0.2, 0) is 0 Å². The Labute approximate surface area is 116 Å². The molecule has 2 unspecified atom stereocenters. The van der Waals surface area contributed by atoms with Crippen molar-refractivity contribution < 1.29 is 9.84 Å². The summed E-state index contributed by atoms with van der Waals surface area (Å²) in [7, 11) is 1.95. The van der Waals surface area contributed by atoms with Crippen LogP contribution in [0.1, 0.15) is 31.2 Å². The number of likely N-dealkylation sites (N-methyl/N-ethyl adjacent to an activating group) is 1. The SMILES string of the molecule is CNC1(CO)CCCC1CCOc1ccc(C)cc1. The average molecular weight is 263 g/mol. The van der Waals surface area contributed by atoms with Gasteiger partial charge in [-0.15, -0.1) is 0 Å². The molecule has 1 aromatic carbocycles. The van der Waals surface area contributed by atoms with E-state index in [0.717, 1.165) is 25.2 Å². The third kappa shape index (κ3) is 3.28. The minimum Gasteiger partial charge on any atom is -0.494 e. The lowest BCUT2D eigenvalue weighted by molar-refractivity contribution is 0.117. The Morgan fingerprint density at radius 2 is 2.11 bits per heavy atom. The summed E-state index contributed by atoms with van der Waals surface area (Å²) >= 11 is 0. The van der Waals surface area contributed by atoms with E-state index in [1.165, 1.54) is 18.4 Å². The summed E-state index contributed by atoms with van der Waals surface area (Å²) in [6.45, 7) is 3.01. The topological polar surface area (TPSA) is 41.5 Å². The van der Waals surface area contributed by atoms with Crippen molar-refractivity contribution >= 4 is 0 Å². The predicted octanol–water partition coefficient (Wildman–Crippen LogP) is 2.51. The lowest BCUT2D eigenvalue weighted by atomic mass is 9.86. The van der Waals surface area contributed by atoms with E-state index in [2.05, 4.69) is 24.4 Å². The van der Waals surface area contributed by atoms with Crippen molar-refractivity contribution in [2.45, 2.75) is 38.1 Å². The minimum atomic E-state index is -0.0867. The second-order valence-electron chi connectivity index (χ2n) is 5.60. The summed E-state index contributed by atoms with van der Waals surface area (Å²) in [6.07, 6.45) is 4.43. The third-order valence-electron chi connectivity index (χ3n) is 4.49. The zero-order valence-electron chi connectivity index (χ0n) is 12.0. The highest BCUT2D eigenvalue weighted by molar-refractivity contribution is 5.26. The molecule has 1 aliphatic rings. The third-order valence-corrected chi connectivity index (χ3v) is 4.49. The molecule has 1 saturated carbocycles. The van der Waals surface area contributed by atoms with E-state index < -0.39 is 0 Å². The van der Waals surface area contributed by atoms with Crippen LogP contribution in [0.15, 0.2) is 24.3 Å². The van der Waals surface area contributed by atoms with Crippen LogP contribution < -0.4 is 10.1 Å². The fourth-order valence-electron chi connectivity index (χ4n) is 3.13. The number of hydrogen-bond donors (Lipinski definition) is 2. The first-order chi connectivity index (χ1) is 9.20. The largest absolute Gasteiger partial charge is 0.494 e. The van der Waals surface area contributed by atoms with E-state index in [0.29, 0.717) is 5.92 Å². The summed E-state index contributed by atoms with van der Waals surface area (Å²) < 4.78 is 5.80. The summed E-state index contributed by atoms with van der Waals surface area (Å²) in [5.41, 5.74) is 1.16. The number of aliphatic hydroxyl groups is 1. The molecule has 1 aliphatic carbocycles. The molecule has 0 amide bonds. The van der Waals surface area contributed by atoms with Gasteiger partial charge in [0.25, 0.3) is 0 Å². The van der Waals surface area contributed by atoms with E-state index in [-0.39, 0.29) is 12.1 Å². The number of benzene rings is 1. The minimum absolute atomic E-state index is 0.0867. The fraction of sp³-hybridized carbons (Fsp3) is 0.625. The van der Waals surface area contributed by atoms with Crippen molar-refractivity contribution in [2.75, 3.05) is 20.3 Å². The highest BCUT2D eigenvalue weighted by Crippen LogP contribution is 2.37. The van der Waals surface area contributed by atoms with Gasteiger partial charge in [-0.25, -0.2) is 0 Å². The number of rotatable bonds is 6.